The molecule has 0 bridgehead atoms. The summed E-state index contributed by atoms with van der Waals surface area (Å²) in [6, 6.07) is 9.69. The molecule has 0 unspecified atom stereocenters. The van der Waals surface area contributed by atoms with Crippen molar-refractivity contribution in [3.63, 3.8) is 0 Å². The van der Waals surface area contributed by atoms with Crippen LogP contribution in [0.4, 0.5) is 0 Å². The number of para-hydroxylation sites is 1. The van der Waals surface area contributed by atoms with E-state index in [1.54, 1.807) is 0 Å². The van der Waals surface area contributed by atoms with Crippen LogP contribution >= 0.6 is 0 Å². The summed E-state index contributed by atoms with van der Waals surface area (Å²) in [5.41, 5.74) is 5.76. The number of aromatic hydroxyl groups is 1. The molecule has 3 rings (SSSR count). The Balaban J connectivity index is 2.37. The molecule has 0 amide bonds. The van der Waals surface area contributed by atoms with Gasteiger partial charge in [-0.3, -0.25) is 0 Å². The van der Waals surface area contributed by atoms with Crippen molar-refractivity contribution in [1.29, 1.82) is 0 Å². The van der Waals surface area contributed by atoms with E-state index in [0.29, 0.717) is 5.75 Å². The fraction of sp³-hybridized carbons (Fsp3) is 0.235. The van der Waals surface area contributed by atoms with Crippen LogP contribution < -0.4 is 0 Å². The van der Waals surface area contributed by atoms with Crippen LogP contribution in [-0.4, -0.2) is 10.3 Å². The van der Waals surface area contributed by atoms with Crippen molar-refractivity contribution in [1.82, 2.24) is 5.16 Å². The molecule has 3 aromatic rings. The highest BCUT2D eigenvalue weighted by molar-refractivity contribution is 5.93. The van der Waals surface area contributed by atoms with Gasteiger partial charge in [-0.15, -0.1) is 0 Å². The van der Waals surface area contributed by atoms with Crippen LogP contribution in [0.3, 0.4) is 0 Å². The lowest BCUT2D eigenvalue weighted by molar-refractivity contribution is 0.458. The van der Waals surface area contributed by atoms with Crippen molar-refractivity contribution in [2.45, 2.75) is 27.2 Å². The first-order valence-corrected chi connectivity index (χ1v) is 6.80. The zero-order valence-electron chi connectivity index (χ0n) is 11.9. The summed E-state index contributed by atoms with van der Waals surface area (Å²) in [5, 5.41) is 15.3. The molecule has 0 spiro atoms. The normalized spacial score (nSPS) is 11.2. The molecule has 0 aliphatic rings. The number of phenolic OH excluding ortho intramolecular Hbond substituents is 1. The van der Waals surface area contributed by atoms with Crippen molar-refractivity contribution in [3.8, 4) is 17.0 Å². The minimum atomic E-state index is 0.343. The molecule has 0 saturated carbocycles. The van der Waals surface area contributed by atoms with Gasteiger partial charge in [-0.2, -0.15) is 0 Å². The molecule has 1 heterocycles. The maximum atomic E-state index is 10.0. The molecule has 0 aliphatic carbocycles. The first kappa shape index (κ1) is 12.7. The van der Waals surface area contributed by atoms with E-state index in [1.807, 2.05) is 44.2 Å². The van der Waals surface area contributed by atoms with Gasteiger partial charge >= 0.3 is 0 Å². The maximum Gasteiger partial charge on any atom is 0.167 e. The van der Waals surface area contributed by atoms with Crippen LogP contribution in [0.15, 0.2) is 34.9 Å². The second kappa shape index (κ2) is 4.67. The Kier molecular flexibility index (Phi) is 2.97. The molecule has 0 atom stereocenters. The van der Waals surface area contributed by atoms with Gasteiger partial charge in [-0.1, -0.05) is 24.2 Å². The monoisotopic (exact) mass is 267 g/mol. The third-order valence-corrected chi connectivity index (χ3v) is 3.95. The number of aryl methyl sites for hydroxylation is 1. The van der Waals surface area contributed by atoms with Crippen molar-refractivity contribution >= 4 is 11.0 Å². The number of rotatable bonds is 2. The average molecular weight is 267 g/mol. The molecular formula is C17H17NO2. The van der Waals surface area contributed by atoms with E-state index >= 15 is 0 Å². The second-order valence-electron chi connectivity index (χ2n) is 5.06. The van der Waals surface area contributed by atoms with Gasteiger partial charge < -0.3 is 9.63 Å². The second-order valence-corrected chi connectivity index (χ2v) is 5.06. The molecule has 1 aromatic heterocycles. The fourth-order valence-electron chi connectivity index (χ4n) is 2.64. The van der Waals surface area contributed by atoms with E-state index in [1.165, 1.54) is 0 Å². The lowest BCUT2D eigenvalue weighted by Crippen LogP contribution is -1.95. The first-order chi connectivity index (χ1) is 9.63. The van der Waals surface area contributed by atoms with Crippen LogP contribution in [0.2, 0.25) is 0 Å². The molecule has 3 nitrogen and oxygen atoms in total. The summed E-state index contributed by atoms with van der Waals surface area (Å²) >= 11 is 0. The van der Waals surface area contributed by atoms with E-state index < -0.39 is 0 Å². The Hall–Kier alpha value is -2.29. The number of hydrogen-bond donors (Lipinski definition) is 1. The van der Waals surface area contributed by atoms with Crippen LogP contribution in [0.1, 0.15) is 23.6 Å². The van der Waals surface area contributed by atoms with Gasteiger partial charge in [0.1, 0.15) is 11.4 Å². The van der Waals surface area contributed by atoms with Gasteiger partial charge in [-0.25, -0.2) is 0 Å². The summed E-state index contributed by atoms with van der Waals surface area (Å²) < 4.78 is 5.42. The number of fused-ring (bicyclic) bond motifs is 1. The Morgan fingerprint density at radius 3 is 2.65 bits per heavy atom. The minimum Gasteiger partial charge on any atom is -0.508 e. The predicted molar refractivity (Wildman–Crippen MR) is 80.0 cm³/mol. The number of aromatic nitrogens is 1. The van der Waals surface area contributed by atoms with Gasteiger partial charge in [-0.05, 0) is 55.2 Å². The highest BCUT2D eigenvalue weighted by Gasteiger charge is 2.18. The van der Waals surface area contributed by atoms with Crippen molar-refractivity contribution in [2.24, 2.45) is 0 Å². The quantitative estimate of drug-likeness (QED) is 0.749. The molecule has 3 heteroatoms. The molecule has 102 valence electrons. The maximum absolute atomic E-state index is 10.0. The summed E-state index contributed by atoms with van der Waals surface area (Å²) in [6.07, 6.45) is 0.838. The number of hydrogen-bond acceptors (Lipinski definition) is 3. The largest absolute Gasteiger partial charge is 0.508 e. The summed E-state index contributed by atoms with van der Waals surface area (Å²) in [6.45, 7) is 6.03. The van der Waals surface area contributed by atoms with E-state index in [0.717, 1.165) is 45.3 Å². The summed E-state index contributed by atoms with van der Waals surface area (Å²) in [5.74, 6) is 0.343. The summed E-state index contributed by atoms with van der Waals surface area (Å²) in [7, 11) is 0. The van der Waals surface area contributed by atoms with Crippen molar-refractivity contribution in [3.05, 3.63) is 47.0 Å². The Morgan fingerprint density at radius 1 is 1.15 bits per heavy atom. The van der Waals surface area contributed by atoms with E-state index in [2.05, 4.69) is 12.1 Å². The number of benzene rings is 2. The number of phenols is 1. The number of nitrogens with zero attached hydrogens (tertiary/aromatic N) is 1. The summed E-state index contributed by atoms with van der Waals surface area (Å²) in [4.78, 5) is 0. The lowest BCUT2D eigenvalue weighted by Gasteiger charge is -2.13. The zero-order chi connectivity index (χ0) is 14.3. The van der Waals surface area contributed by atoms with E-state index in [-0.39, 0.29) is 0 Å². The minimum absolute atomic E-state index is 0.343. The molecule has 1 N–H and O–H groups in total. The molecule has 0 radical (unpaired) electrons. The molecule has 0 aliphatic heterocycles. The van der Waals surface area contributed by atoms with Gasteiger partial charge in [0.25, 0.3) is 0 Å². The smallest absolute Gasteiger partial charge is 0.167 e. The molecule has 0 fully saturated rings. The standard InChI is InChI=1S/C17H17NO2/c1-4-12-9-14(19)10(2)11(3)16(12)17-13-7-5-6-8-15(13)20-18-17/h5-9,19H,4H2,1-3H3. The predicted octanol–water partition coefficient (Wildman–Crippen LogP) is 4.38. The van der Waals surface area contributed by atoms with Gasteiger partial charge in [0, 0.05) is 10.9 Å². The molecule has 20 heavy (non-hydrogen) atoms. The van der Waals surface area contributed by atoms with Crippen LogP contribution in [-0.2, 0) is 6.42 Å². The van der Waals surface area contributed by atoms with Gasteiger partial charge in [0.05, 0.1) is 0 Å². The highest BCUT2D eigenvalue weighted by atomic mass is 16.5. The topological polar surface area (TPSA) is 46.3 Å². The van der Waals surface area contributed by atoms with Crippen molar-refractivity contribution in [2.75, 3.05) is 0 Å². The van der Waals surface area contributed by atoms with Crippen LogP contribution in [0.25, 0.3) is 22.2 Å². The fourth-order valence-corrected chi connectivity index (χ4v) is 2.64. The third kappa shape index (κ3) is 1.78. The van der Waals surface area contributed by atoms with Gasteiger partial charge in [0.15, 0.2) is 5.58 Å². The molecular weight excluding hydrogens is 250 g/mol. The SMILES string of the molecule is CCc1cc(O)c(C)c(C)c1-c1noc2ccccc12. The van der Waals surface area contributed by atoms with Gasteiger partial charge in [0.2, 0.25) is 0 Å². The Morgan fingerprint density at radius 2 is 1.90 bits per heavy atom. The third-order valence-electron chi connectivity index (χ3n) is 3.95. The van der Waals surface area contributed by atoms with E-state index in [4.69, 9.17) is 4.52 Å². The highest BCUT2D eigenvalue weighted by Crippen LogP contribution is 2.37. The lowest BCUT2D eigenvalue weighted by atomic mass is 9.92. The van der Waals surface area contributed by atoms with E-state index in [9.17, 15) is 5.11 Å². The molecule has 0 saturated heterocycles. The van der Waals surface area contributed by atoms with Crippen molar-refractivity contribution < 1.29 is 9.63 Å². The Labute approximate surface area is 117 Å². The first-order valence-electron chi connectivity index (χ1n) is 6.80. The average Bonchev–Trinajstić information content (AvgIpc) is 2.88. The van der Waals surface area contributed by atoms with Crippen LogP contribution in [0.5, 0.6) is 5.75 Å². The zero-order valence-corrected chi connectivity index (χ0v) is 11.9. The Bertz CT molecular complexity index is 787. The molecule has 2 aromatic carbocycles. The van der Waals surface area contributed by atoms with Crippen LogP contribution in [0, 0.1) is 13.8 Å².